The van der Waals surface area contributed by atoms with Gasteiger partial charge in [-0.2, -0.15) is 0 Å². The zero-order chi connectivity index (χ0) is 48.6. The van der Waals surface area contributed by atoms with Crippen LogP contribution in [0.1, 0.15) is 303 Å². The quantitative estimate of drug-likeness (QED) is 0.0262. The van der Waals surface area contributed by atoms with Crippen molar-refractivity contribution in [1.29, 1.82) is 0 Å². The fourth-order valence-corrected chi connectivity index (χ4v) is 8.49. The van der Waals surface area contributed by atoms with Gasteiger partial charge >= 0.3 is 17.9 Å². The van der Waals surface area contributed by atoms with E-state index in [4.69, 9.17) is 14.2 Å². The molecule has 1 unspecified atom stereocenters. The second-order valence-electron chi connectivity index (χ2n) is 19.5. The summed E-state index contributed by atoms with van der Waals surface area (Å²) in [5, 5.41) is 0. The van der Waals surface area contributed by atoms with Crippen LogP contribution in [0.4, 0.5) is 0 Å². The minimum absolute atomic E-state index is 0.0734. The summed E-state index contributed by atoms with van der Waals surface area (Å²) < 4.78 is 16.9. The SMILES string of the molecule is CC/C=C\C/C=C\C/C=C\C/C=C\CCCCCCCCC(=O)OCC(COC(=O)CCCCCCCCCCCCC)OC(=O)CCCCCCCCCCCCCCCCCCCCC. The minimum Gasteiger partial charge on any atom is -0.462 e. The monoisotopic (exact) mass is 939 g/mol. The van der Waals surface area contributed by atoms with Gasteiger partial charge in [0.05, 0.1) is 0 Å². The van der Waals surface area contributed by atoms with E-state index in [1.54, 1.807) is 0 Å². The van der Waals surface area contributed by atoms with E-state index in [9.17, 15) is 14.4 Å². The first-order valence-electron chi connectivity index (χ1n) is 29.1. The molecule has 6 nitrogen and oxygen atoms in total. The van der Waals surface area contributed by atoms with Crippen LogP contribution in [0.2, 0.25) is 0 Å². The molecule has 0 aromatic carbocycles. The number of carbonyl (C=O) groups excluding carboxylic acids is 3. The Balaban J connectivity index is 4.31. The molecule has 0 radical (unpaired) electrons. The molecule has 0 rings (SSSR count). The Morgan fingerprint density at radius 1 is 0.313 bits per heavy atom. The molecular weight excluding hydrogens is 829 g/mol. The van der Waals surface area contributed by atoms with Gasteiger partial charge < -0.3 is 14.2 Å². The molecular formula is C61H110O6. The molecule has 0 saturated heterocycles. The number of hydrogen-bond acceptors (Lipinski definition) is 6. The van der Waals surface area contributed by atoms with Crippen molar-refractivity contribution in [2.75, 3.05) is 13.2 Å². The summed E-state index contributed by atoms with van der Waals surface area (Å²) in [5.74, 6) is -0.872. The molecule has 0 heterocycles. The molecule has 0 aliphatic rings. The summed E-state index contributed by atoms with van der Waals surface area (Å²) >= 11 is 0. The van der Waals surface area contributed by atoms with Crippen molar-refractivity contribution >= 4 is 17.9 Å². The number of allylic oxidation sites excluding steroid dienone is 8. The first-order valence-corrected chi connectivity index (χ1v) is 29.1. The minimum atomic E-state index is -0.775. The summed E-state index contributed by atoms with van der Waals surface area (Å²) in [4.78, 5) is 38.1. The third kappa shape index (κ3) is 54.2. The molecule has 6 heteroatoms. The Kier molecular flexibility index (Phi) is 53.8. The third-order valence-corrected chi connectivity index (χ3v) is 12.8. The largest absolute Gasteiger partial charge is 0.462 e. The Morgan fingerprint density at radius 2 is 0.582 bits per heavy atom. The predicted octanol–water partition coefficient (Wildman–Crippen LogP) is 19.4. The van der Waals surface area contributed by atoms with Gasteiger partial charge in [0.1, 0.15) is 13.2 Å². The highest BCUT2D eigenvalue weighted by Crippen LogP contribution is 2.17. The number of hydrogen-bond donors (Lipinski definition) is 0. The van der Waals surface area contributed by atoms with Gasteiger partial charge in [-0.1, -0.05) is 275 Å². The lowest BCUT2D eigenvalue weighted by Gasteiger charge is -2.18. The normalized spacial score (nSPS) is 12.3. The number of rotatable bonds is 53. The lowest BCUT2D eigenvalue weighted by atomic mass is 10.0. The van der Waals surface area contributed by atoms with Crippen molar-refractivity contribution in [3.05, 3.63) is 48.6 Å². The van der Waals surface area contributed by atoms with Gasteiger partial charge in [-0.05, 0) is 57.8 Å². The lowest BCUT2D eigenvalue weighted by Crippen LogP contribution is -2.30. The highest BCUT2D eigenvalue weighted by Gasteiger charge is 2.19. The van der Waals surface area contributed by atoms with Crippen LogP contribution in [-0.4, -0.2) is 37.2 Å². The van der Waals surface area contributed by atoms with Crippen LogP contribution in [0.25, 0.3) is 0 Å². The van der Waals surface area contributed by atoms with Crippen LogP contribution in [0.3, 0.4) is 0 Å². The molecule has 0 aliphatic carbocycles. The molecule has 1 atom stereocenters. The van der Waals surface area contributed by atoms with E-state index < -0.39 is 6.10 Å². The summed E-state index contributed by atoms with van der Waals surface area (Å²) in [6, 6.07) is 0. The summed E-state index contributed by atoms with van der Waals surface area (Å²) in [7, 11) is 0. The highest BCUT2D eigenvalue weighted by molar-refractivity contribution is 5.71. The van der Waals surface area contributed by atoms with Crippen LogP contribution in [0.15, 0.2) is 48.6 Å². The van der Waals surface area contributed by atoms with Gasteiger partial charge in [-0.25, -0.2) is 0 Å². The molecule has 0 fully saturated rings. The van der Waals surface area contributed by atoms with Crippen molar-refractivity contribution in [2.45, 2.75) is 309 Å². The summed E-state index contributed by atoms with van der Waals surface area (Å²) in [6.45, 7) is 6.55. The molecule has 0 aliphatic heterocycles. The van der Waals surface area contributed by atoms with E-state index in [0.717, 1.165) is 89.9 Å². The van der Waals surface area contributed by atoms with Crippen LogP contribution < -0.4 is 0 Å². The van der Waals surface area contributed by atoms with E-state index in [1.165, 1.54) is 173 Å². The first kappa shape index (κ1) is 64.4. The number of unbranched alkanes of at least 4 members (excludes halogenated alkanes) is 34. The van der Waals surface area contributed by atoms with Crippen LogP contribution in [-0.2, 0) is 28.6 Å². The van der Waals surface area contributed by atoms with Gasteiger partial charge in [0.25, 0.3) is 0 Å². The van der Waals surface area contributed by atoms with Gasteiger partial charge in [0, 0.05) is 19.3 Å². The summed E-state index contributed by atoms with van der Waals surface area (Å²) in [6.07, 6.45) is 68.2. The molecule has 0 aromatic rings. The zero-order valence-electron chi connectivity index (χ0n) is 44.7. The molecule has 0 amide bonds. The summed E-state index contributed by atoms with van der Waals surface area (Å²) in [5.41, 5.74) is 0. The maximum Gasteiger partial charge on any atom is 0.306 e. The lowest BCUT2D eigenvalue weighted by molar-refractivity contribution is -0.167. The van der Waals surface area contributed by atoms with Crippen molar-refractivity contribution in [2.24, 2.45) is 0 Å². The van der Waals surface area contributed by atoms with Crippen molar-refractivity contribution < 1.29 is 28.6 Å². The zero-order valence-corrected chi connectivity index (χ0v) is 44.7. The van der Waals surface area contributed by atoms with Crippen LogP contribution in [0.5, 0.6) is 0 Å². The van der Waals surface area contributed by atoms with Gasteiger partial charge in [0.2, 0.25) is 0 Å². The second-order valence-corrected chi connectivity index (χ2v) is 19.5. The van der Waals surface area contributed by atoms with Crippen molar-refractivity contribution in [3.63, 3.8) is 0 Å². The average molecular weight is 940 g/mol. The maximum atomic E-state index is 12.9. The van der Waals surface area contributed by atoms with Crippen molar-refractivity contribution in [3.8, 4) is 0 Å². The fourth-order valence-electron chi connectivity index (χ4n) is 8.49. The van der Waals surface area contributed by atoms with Crippen molar-refractivity contribution in [1.82, 2.24) is 0 Å². The molecule has 0 saturated carbocycles. The Hall–Kier alpha value is -2.63. The second kappa shape index (κ2) is 56.0. The molecule has 0 aromatic heterocycles. The Morgan fingerprint density at radius 3 is 0.910 bits per heavy atom. The van der Waals surface area contributed by atoms with E-state index in [1.807, 2.05) is 0 Å². The molecule has 390 valence electrons. The van der Waals surface area contributed by atoms with E-state index >= 15 is 0 Å². The smallest absolute Gasteiger partial charge is 0.306 e. The van der Waals surface area contributed by atoms with E-state index in [2.05, 4.69) is 69.4 Å². The number of carbonyl (C=O) groups is 3. The van der Waals surface area contributed by atoms with E-state index in [-0.39, 0.29) is 31.1 Å². The van der Waals surface area contributed by atoms with Gasteiger partial charge in [0.15, 0.2) is 6.10 Å². The van der Waals surface area contributed by atoms with Crippen LogP contribution in [0, 0.1) is 0 Å². The maximum absolute atomic E-state index is 12.9. The molecule has 67 heavy (non-hydrogen) atoms. The number of esters is 3. The van der Waals surface area contributed by atoms with Gasteiger partial charge in [-0.15, -0.1) is 0 Å². The predicted molar refractivity (Wildman–Crippen MR) is 289 cm³/mol. The first-order chi connectivity index (χ1) is 33.0. The molecule has 0 spiro atoms. The van der Waals surface area contributed by atoms with Gasteiger partial charge in [-0.3, -0.25) is 14.4 Å². The highest BCUT2D eigenvalue weighted by atomic mass is 16.6. The topological polar surface area (TPSA) is 78.9 Å². The molecule has 0 bridgehead atoms. The third-order valence-electron chi connectivity index (χ3n) is 12.8. The standard InChI is InChI=1S/C61H110O6/c1-4-7-10-13-16-19-22-24-26-28-30-32-34-36-39-42-45-48-51-54-60(63)66-57-58(56-65-59(62)53-50-47-44-41-38-21-18-15-12-9-6-3)67-61(64)55-52-49-46-43-40-37-35-33-31-29-27-25-23-20-17-14-11-8-5-2/h7,10,16,19,24,26,30,32,58H,4-6,8-9,11-15,17-18,20-23,25,27-29,31,33-57H2,1-3H3/b10-7-,19-16-,26-24-,32-30-. The average Bonchev–Trinajstić information content (AvgIpc) is 3.33. The Labute approximate surface area is 416 Å². The fraction of sp³-hybridized carbons (Fsp3) is 0.820. The Bertz CT molecular complexity index is 1170. The molecule has 0 N–H and O–H groups in total. The van der Waals surface area contributed by atoms with Crippen LogP contribution >= 0.6 is 0 Å². The number of ether oxygens (including phenoxy) is 3. The van der Waals surface area contributed by atoms with E-state index in [0.29, 0.717) is 19.3 Å².